The molecule has 2 rings (SSSR count). The molecule has 0 heterocycles. The van der Waals surface area contributed by atoms with Gasteiger partial charge in [0.1, 0.15) is 5.82 Å². The molecule has 0 bridgehead atoms. The lowest BCUT2D eigenvalue weighted by molar-refractivity contribution is -0.123. The molecule has 0 fully saturated rings. The third-order valence-electron chi connectivity index (χ3n) is 3.74. The molecule has 0 aliphatic heterocycles. The van der Waals surface area contributed by atoms with Crippen molar-refractivity contribution in [3.8, 4) is 11.5 Å². The van der Waals surface area contributed by atoms with Gasteiger partial charge in [-0.15, -0.1) is 0 Å². The SMILES string of the molecule is COc1cc(C(=O)OC(C)C(=O)Nc2ccc(F)cc2)ccc1OCC(C)C. The number of ether oxygens (including phenoxy) is 3. The maximum Gasteiger partial charge on any atom is 0.339 e. The van der Waals surface area contributed by atoms with Gasteiger partial charge in [-0.05, 0) is 55.3 Å². The zero-order chi connectivity index (χ0) is 20.7. The maximum atomic E-state index is 12.9. The molecule has 2 aromatic rings. The number of benzene rings is 2. The van der Waals surface area contributed by atoms with Crippen molar-refractivity contribution in [2.45, 2.75) is 26.9 Å². The first-order valence-electron chi connectivity index (χ1n) is 8.88. The lowest BCUT2D eigenvalue weighted by atomic mass is 10.2. The normalized spacial score (nSPS) is 11.6. The summed E-state index contributed by atoms with van der Waals surface area (Å²) in [6.45, 7) is 6.02. The molecule has 0 saturated heterocycles. The highest BCUT2D eigenvalue weighted by Crippen LogP contribution is 2.29. The Bertz CT molecular complexity index is 820. The number of nitrogens with one attached hydrogen (secondary N) is 1. The molecule has 1 amide bonds. The van der Waals surface area contributed by atoms with Crippen LogP contribution < -0.4 is 14.8 Å². The summed E-state index contributed by atoms with van der Waals surface area (Å²) in [7, 11) is 1.48. The second-order valence-electron chi connectivity index (χ2n) is 6.61. The topological polar surface area (TPSA) is 73.9 Å². The number of esters is 1. The second kappa shape index (κ2) is 9.73. The maximum absolute atomic E-state index is 12.9. The lowest BCUT2D eigenvalue weighted by Crippen LogP contribution is -2.30. The first-order valence-corrected chi connectivity index (χ1v) is 8.88. The summed E-state index contributed by atoms with van der Waals surface area (Å²) in [4.78, 5) is 24.5. The van der Waals surface area contributed by atoms with Crippen molar-refractivity contribution >= 4 is 17.6 Å². The quantitative estimate of drug-likeness (QED) is 0.690. The zero-order valence-corrected chi connectivity index (χ0v) is 16.3. The minimum absolute atomic E-state index is 0.232. The van der Waals surface area contributed by atoms with Gasteiger partial charge in [0.15, 0.2) is 17.6 Å². The average Bonchev–Trinajstić information content (AvgIpc) is 2.67. The number of rotatable bonds is 8. The summed E-state index contributed by atoms with van der Waals surface area (Å²) in [5.41, 5.74) is 0.637. The molecule has 2 aromatic carbocycles. The van der Waals surface area contributed by atoms with E-state index in [2.05, 4.69) is 5.32 Å². The second-order valence-corrected chi connectivity index (χ2v) is 6.61. The summed E-state index contributed by atoms with van der Waals surface area (Å²) in [6, 6.07) is 9.96. The Hall–Kier alpha value is -3.09. The molecule has 0 aliphatic rings. The van der Waals surface area contributed by atoms with Crippen molar-refractivity contribution in [2.24, 2.45) is 5.92 Å². The van der Waals surface area contributed by atoms with Gasteiger partial charge < -0.3 is 19.5 Å². The highest BCUT2D eigenvalue weighted by molar-refractivity contribution is 5.97. The van der Waals surface area contributed by atoms with E-state index in [-0.39, 0.29) is 5.56 Å². The van der Waals surface area contributed by atoms with Crippen LogP contribution in [0.3, 0.4) is 0 Å². The van der Waals surface area contributed by atoms with Gasteiger partial charge in [-0.2, -0.15) is 0 Å². The Balaban J connectivity index is 2.00. The summed E-state index contributed by atoms with van der Waals surface area (Å²) in [6.07, 6.45) is -1.04. The number of hydrogen-bond acceptors (Lipinski definition) is 5. The standard InChI is InChI=1S/C21H24FNO5/c1-13(2)12-27-18-10-5-15(11-19(18)26-4)21(25)28-14(3)20(24)23-17-8-6-16(22)7-9-17/h5-11,13-14H,12H2,1-4H3,(H,23,24). The summed E-state index contributed by atoms with van der Waals surface area (Å²) in [5.74, 6) is -0.338. The lowest BCUT2D eigenvalue weighted by Gasteiger charge is -2.15. The number of methoxy groups -OCH3 is 1. The Morgan fingerprint density at radius 3 is 2.32 bits per heavy atom. The van der Waals surface area contributed by atoms with Crippen LogP contribution in [0.25, 0.3) is 0 Å². The van der Waals surface area contributed by atoms with Crippen molar-refractivity contribution in [3.05, 3.63) is 53.8 Å². The molecule has 28 heavy (non-hydrogen) atoms. The highest BCUT2D eigenvalue weighted by Gasteiger charge is 2.20. The Kier molecular flexibility index (Phi) is 7.37. The first kappa shape index (κ1) is 21.2. The van der Waals surface area contributed by atoms with E-state index in [9.17, 15) is 14.0 Å². The third kappa shape index (κ3) is 5.97. The van der Waals surface area contributed by atoms with Crippen LogP contribution >= 0.6 is 0 Å². The minimum atomic E-state index is -1.04. The molecule has 1 unspecified atom stereocenters. The average molecular weight is 389 g/mol. The van der Waals surface area contributed by atoms with Gasteiger partial charge in [0.05, 0.1) is 19.3 Å². The van der Waals surface area contributed by atoms with Crippen molar-refractivity contribution in [1.29, 1.82) is 0 Å². The van der Waals surface area contributed by atoms with E-state index in [0.717, 1.165) is 0 Å². The van der Waals surface area contributed by atoms with Gasteiger partial charge in [0.2, 0.25) is 0 Å². The van der Waals surface area contributed by atoms with E-state index >= 15 is 0 Å². The molecule has 0 saturated carbocycles. The Labute approximate surface area is 163 Å². The van der Waals surface area contributed by atoms with Gasteiger partial charge in [-0.1, -0.05) is 13.8 Å². The minimum Gasteiger partial charge on any atom is -0.493 e. The fourth-order valence-electron chi connectivity index (χ4n) is 2.23. The number of carbonyl (C=O) groups excluding carboxylic acids is 2. The van der Waals surface area contributed by atoms with Crippen molar-refractivity contribution in [1.82, 2.24) is 0 Å². The predicted molar refractivity (Wildman–Crippen MR) is 103 cm³/mol. The van der Waals surface area contributed by atoms with E-state index in [1.165, 1.54) is 44.4 Å². The van der Waals surface area contributed by atoms with Gasteiger partial charge >= 0.3 is 5.97 Å². The fourth-order valence-corrected chi connectivity index (χ4v) is 2.23. The van der Waals surface area contributed by atoms with Crippen LogP contribution in [0.4, 0.5) is 10.1 Å². The largest absolute Gasteiger partial charge is 0.493 e. The number of halogens is 1. The van der Waals surface area contributed by atoms with E-state index in [1.54, 1.807) is 12.1 Å². The molecule has 1 atom stereocenters. The Morgan fingerprint density at radius 2 is 1.71 bits per heavy atom. The molecule has 150 valence electrons. The van der Waals surface area contributed by atoms with Crippen LogP contribution in [-0.2, 0) is 9.53 Å². The van der Waals surface area contributed by atoms with Crippen LogP contribution in [0.2, 0.25) is 0 Å². The van der Waals surface area contributed by atoms with E-state index in [1.807, 2.05) is 13.8 Å². The van der Waals surface area contributed by atoms with Gasteiger partial charge in [-0.25, -0.2) is 9.18 Å². The molecule has 1 N–H and O–H groups in total. The summed E-state index contributed by atoms with van der Waals surface area (Å²) in [5, 5.41) is 2.56. The number of amides is 1. The van der Waals surface area contributed by atoms with Crippen LogP contribution in [0, 0.1) is 11.7 Å². The smallest absolute Gasteiger partial charge is 0.339 e. The third-order valence-corrected chi connectivity index (χ3v) is 3.74. The van der Waals surface area contributed by atoms with Crippen LogP contribution in [0.15, 0.2) is 42.5 Å². The van der Waals surface area contributed by atoms with Crippen molar-refractivity contribution in [3.63, 3.8) is 0 Å². The van der Waals surface area contributed by atoms with Gasteiger partial charge in [0.25, 0.3) is 5.91 Å². The fraction of sp³-hybridized carbons (Fsp3) is 0.333. The van der Waals surface area contributed by atoms with Crippen LogP contribution in [-0.4, -0.2) is 31.7 Å². The number of anilines is 1. The summed E-state index contributed by atoms with van der Waals surface area (Å²) >= 11 is 0. The molecule has 6 nitrogen and oxygen atoms in total. The molecular weight excluding hydrogens is 365 g/mol. The van der Waals surface area contributed by atoms with Crippen LogP contribution in [0.1, 0.15) is 31.1 Å². The monoisotopic (exact) mass is 389 g/mol. The van der Waals surface area contributed by atoms with E-state index in [0.29, 0.717) is 29.7 Å². The zero-order valence-electron chi connectivity index (χ0n) is 16.3. The number of hydrogen-bond donors (Lipinski definition) is 1. The first-order chi connectivity index (χ1) is 13.3. The van der Waals surface area contributed by atoms with Gasteiger partial charge in [0, 0.05) is 5.69 Å². The Morgan fingerprint density at radius 1 is 1.04 bits per heavy atom. The molecular formula is C21H24FNO5. The summed E-state index contributed by atoms with van der Waals surface area (Å²) < 4.78 is 29.0. The predicted octanol–water partition coefficient (Wildman–Crippen LogP) is 4.05. The van der Waals surface area contributed by atoms with E-state index < -0.39 is 23.8 Å². The molecule has 0 radical (unpaired) electrons. The van der Waals surface area contributed by atoms with E-state index in [4.69, 9.17) is 14.2 Å². The highest BCUT2D eigenvalue weighted by atomic mass is 19.1. The van der Waals surface area contributed by atoms with Crippen molar-refractivity contribution in [2.75, 3.05) is 19.0 Å². The molecule has 0 spiro atoms. The molecule has 0 aliphatic carbocycles. The van der Waals surface area contributed by atoms with Crippen molar-refractivity contribution < 1.29 is 28.2 Å². The number of carbonyl (C=O) groups is 2. The van der Waals surface area contributed by atoms with Gasteiger partial charge in [-0.3, -0.25) is 4.79 Å². The molecule has 7 heteroatoms. The van der Waals surface area contributed by atoms with Crippen LogP contribution in [0.5, 0.6) is 11.5 Å². The molecule has 0 aromatic heterocycles.